The summed E-state index contributed by atoms with van der Waals surface area (Å²) >= 11 is 7.99. The number of nitrogens with one attached hydrogen (secondary N) is 1. The molecule has 4 nitrogen and oxygen atoms in total. The second-order valence-corrected chi connectivity index (χ2v) is 7.72. The maximum absolute atomic E-state index is 12.6. The van der Waals surface area contributed by atoms with Gasteiger partial charge in [0, 0.05) is 17.3 Å². The van der Waals surface area contributed by atoms with E-state index in [0.29, 0.717) is 16.8 Å². The van der Waals surface area contributed by atoms with Crippen LogP contribution in [0.2, 0.25) is 0 Å². The molecule has 0 radical (unpaired) electrons. The van der Waals surface area contributed by atoms with Crippen LogP contribution in [0.15, 0.2) is 29.3 Å². The number of aromatic nitrogens is 3. The third kappa shape index (κ3) is 2.78. The number of aromatic amines is 1. The molecular formula is C18H16ClN3OS. The topological polar surface area (TPSA) is 58.6 Å². The highest BCUT2D eigenvalue weighted by Crippen LogP contribution is 2.36. The molecule has 0 saturated heterocycles. The zero-order chi connectivity index (χ0) is 16.7. The van der Waals surface area contributed by atoms with Crippen molar-refractivity contribution < 1.29 is 0 Å². The summed E-state index contributed by atoms with van der Waals surface area (Å²) < 4.78 is 0. The molecule has 1 N–H and O–H groups in total. The standard InChI is InChI=1S/C18H16ClN3OS/c1-10-4-5-12-14(7-10)24-18-15(12)17(23)21-16(22-18)13(19)8-11-3-2-6-20-9-11/h2-3,6,8-10H,4-5,7H2,1H3,(H,21,22,23)/b13-8-/t10-/m1/s1. The summed E-state index contributed by atoms with van der Waals surface area (Å²) in [4.78, 5) is 26.2. The minimum Gasteiger partial charge on any atom is -0.305 e. The van der Waals surface area contributed by atoms with Crippen LogP contribution < -0.4 is 5.56 Å². The lowest BCUT2D eigenvalue weighted by atomic mass is 9.89. The van der Waals surface area contributed by atoms with Crippen LogP contribution in [0.25, 0.3) is 21.3 Å². The summed E-state index contributed by atoms with van der Waals surface area (Å²) in [6.45, 7) is 2.25. The van der Waals surface area contributed by atoms with Gasteiger partial charge < -0.3 is 4.98 Å². The van der Waals surface area contributed by atoms with Crippen LogP contribution in [-0.2, 0) is 12.8 Å². The molecule has 0 aromatic carbocycles. The molecule has 0 bridgehead atoms. The van der Waals surface area contributed by atoms with Crippen molar-refractivity contribution in [3.05, 3.63) is 56.7 Å². The van der Waals surface area contributed by atoms with Crippen LogP contribution in [0.1, 0.15) is 35.2 Å². The largest absolute Gasteiger partial charge is 0.305 e. The maximum Gasteiger partial charge on any atom is 0.260 e. The monoisotopic (exact) mass is 357 g/mol. The lowest BCUT2D eigenvalue weighted by Gasteiger charge is -2.17. The van der Waals surface area contributed by atoms with Gasteiger partial charge in [0.15, 0.2) is 5.82 Å². The SMILES string of the molecule is C[C@@H]1CCc2c(sc3nc(/C(Cl)=C/c4cccnc4)[nH]c(=O)c23)C1. The predicted molar refractivity (Wildman–Crippen MR) is 99.4 cm³/mol. The number of thiophene rings is 1. The molecule has 0 unspecified atom stereocenters. The summed E-state index contributed by atoms with van der Waals surface area (Å²) in [7, 11) is 0. The Bertz CT molecular complexity index is 991. The van der Waals surface area contributed by atoms with E-state index in [9.17, 15) is 4.79 Å². The molecule has 0 saturated carbocycles. The summed E-state index contributed by atoms with van der Waals surface area (Å²) in [5.74, 6) is 1.07. The van der Waals surface area contributed by atoms with Gasteiger partial charge in [-0.3, -0.25) is 9.78 Å². The van der Waals surface area contributed by atoms with E-state index in [4.69, 9.17) is 11.6 Å². The lowest BCUT2D eigenvalue weighted by Crippen LogP contribution is -2.14. The van der Waals surface area contributed by atoms with Gasteiger partial charge in [0.1, 0.15) is 4.83 Å². The molecule has 0 amide bonds. The predicted octanol–water partition coefficient (Wildman–Crippen LogP) is 4.24. The molecule has 3 heterocycles. The smallest absolute Gasteiger partial charge is 0.260 e. The summed E-state index contributed by atoms with van der Waals surface area (Å²) in [5, 5.41) is 1.15. The number of pyridine rings is 1. The van der Waals surface area contributed by atoms with Crippen molar-refractivity contribution in [2.75, 3.05) is 0 Å². The molecule has 3 aromatic rings. The van der Waals surface area contributed by atoms with Crippen LogP contribution in [0.3, 0.4) is 0 Å². The molecule has 24 heavy (non-hydrogen) atoms. The third-order valence-electron chi connectivity index (χ3n) is 4.37. The Morgan fingerprint density at radius 3 is 3.17 bits per heavy atom. The van der Waals surface area contributed by atoms with Gasteiger partial charge in [0.2, 0.25) is 0 Å². The molecule has 6 heteroatoms. The number of H-pyrrole nitrogens is 1. The van der Waals surface area contributed by atoms with Crippen molar-refractivity contribution in [1.29, 1.82) is 0 Å². The van der Waals surface area contributed by atoms with Crippen molar-refractivity contribution in [3.63, 3.8) is 0 Å². The lowest BCUT2D eigenvalue weighted by molar-refractivity contribution is 0.509. The molecule has 4 rings (SSSR count). The van der Waals surface area contributed by atoms with Gasteiger partial charge in [-0.2, -0.15) is 0 Å². The third-order valence-corrected chi connectivity index (χ3v) is 5.81. The number of hydrogen-bond donors (Lipinski definition) is 1. The average Bonchev–Trinajstić information content (AvgIpc) is 2.93. The molecular weight excluding hydrogens is 342 g/mol. The van der Waals surface area contributed by atoms with E-state index in [1.165, 1.54) is 10.4 Å². The van der Waals surface area contributed by atoms with Gasteiger partial charge >= 0.3 is 0 Å². The Morgan fingerprint density at radius 2 is 2.38 bits per heavy atom. The van der Waals surface area contributed by atoms with Gasteiger partial charge in [0.05, 0.1) is 10.4 Å². The van der Waals surface area contributed by atoms with E-state index in [-0.39, 0.29) is 5.56 Å². The minimum absolute atomic E-state index is 0.0974. The van der Waals surface area contributed by atoms with E-state index in [1.54, 1.807) is 29.8 Å². The highest BCUT2D eigenvalue weighted by atomic mass is 35.5. The van der Waals surface area contributed by atoms with E-state index in [0.717, 1.165) is 35.0 Å². The zero-order valence-electron chi connectivity index (χ0n) is 13.2. The summed E-state index contributed by atoms with van der Waals surface area (Å²) in [6, 6.07) is 3.74. The highest BCUT2D eigenvalue weighted by Gasteiger charge is 2.23. The van der Waals surface area contributed by atoms with E-state index in [2.05, 4.69) is 21.9 Å². The van der Waals surface area contributed by atoms with Crippen molar-refractivity contribution in [3.8, 4) is 0 Å². The van der Waals surface area contributed by atoms with Crippen LogP contribution >= 0.6 is 22.9 Å². The number of halogens is 1. The molecule has 1 atom stereocenters. The van der Waals surface area contributed by atoms with Crippen molar-refractivity contribution in [2.24, 2.45) is 5.92 Å². The number of aryl methyl sites for hydroxylation is 1. The normalized spacial score (nSPS) is 17.9. The zero-order valence-corrected chi connectivity index (χ0v) is 14.7. The maximum atomic E-state index is 12.6. The fraction of sp³-hybridized carbons (Fsp3) is 0.278. The minimum atomic E-state index is -0.0974. The van der Waals surface area contributed by atoms with Gasteiger partial charge in [-0.05, 0) is 48.4 Å². The average molecular weight is 358 g/mol. The van der Waals surface area contributed by atoms with E-state index in [1.807, 2.05) is 12.1 Å². The Hall–Kier alpha value is -1.98. The van der Waals surface area contributed by atoms with E-state index >= 15 is 0 Å². The van der Waals surface area contributed by atoms with Gasteiger partial charge in [-0.25, -0.2) is 4.98 Å². The van der Waals surface area contributed by atoms with Gasteiger partial charge in [-0.1, -0.05) is 24.6 Å². The molecule has 0 fully saturated rings. The fourth-order valence-electron chi connectivity index (χ4n) is 3.14. The number of nitrogens with zero attached hydrogens (tertiary/aromatic N) is 2. The molecule has 0 spiro atoms. The van der Waals surface area contributed by atoms with Gasteiger partial charge in [-0.15, -0.1) is 11.3 Å². The number of rotatable bonds is 2. The van der Waals surface area contributed by atoms with Crippen LogP contribution in [0, 0.1) is 5.92 Å². The molecule has 122 valence electrons. The van der Waals surface area contributed by atoms with Crippen molar-refractivity contribution >= 4 is 44.3 Å². The molecule has 0 aliphatic heterocycles. The first-order valence-corrected chi connectivity index (χ1v) is 9.13. The summed E-state index contributed by atoms with van der Waals surface area (Å²) in [6.07, 6.45) is 8.29. The quantitative estimate of drug-likeness (QED) is 0.746. The molecule has 3 aromatic heterocycles. The fourth-order valence-corrected chi connectivity index (χ4v) is 4.74. The number of fused-ring (bicyclic) bond motifs is 3. The second kappa shape index (κ2) is 6.15. The summed E-state index contributed by atoms with van der Waals surface area (Å²) in [5.41, 5.74) is 1.95. The number of hydrogen-bond acceptors (Lipinski definition) is 4. The van der Waals surface area contributed by atoms with Gasteiger partial charge in [0.25, 0.3) is 5.56 Å². The highest BCUT2D eigenvalue weighted by molar-refractivity contribution is 7.18. The Balaban J connectivity index is 1.81. The Kier molecular flexibility index (Phi) is 3.98. The molecule has 1 aliphatic carbocycles. The van der Waals surface area contributed by atoms with Crippen molar-refractivity contribution in [1.82, 2.24) is 15.0 Å². The van der Waals surface area contributed by atoms with Crippen LogP contribution in [0.5, 0.6) is 0 Å². The first-order chi connectivity index (χ1) is 11.6. The van der Waals surface area contributed by atoms with Crippen molar-refractivity contribution in [2.45, 2.75) is 26.2 Å². The first-order valence-electron chi connectivity index (χ1n) is 7.94. The van der Waals surface area contributed by atoms with Crippen LogP contribution in [0.4, 0.5) is 0 Å². The van der Waals surface area contributed by atoms with E-state index < -0.39 is 0 Å². The Morgan fingerprint density at radius 1 is 1.50 bits per heavy atom. The Labute approximate surface area is 148 Å². The van der Waals surface area contributed by atoms with Crippen LogP contribution in [-0.4, -0.2) is 15.0 Å². The first kappa shape index (κ1) is 15.5. The molecule has 1 aliphatic rings. The second-order valence-electron chi connectivity index (χ2n) is 6.23.